The Labute approximate surface area is 123 Å². The lowest BCUT2D eigenvalue weighted by atomic mass is 9.96. The van der Waals surface area contributed by atoms with E-state index in [2.05, 4.69) is 4.98 Å². The Morgan fingerprint density at radius 3 is 2.86 bits per heavy atom. The van der Waals surface area contributed by atoms with Crippen molar-refractivity contribution in [3.8, 4) is 0 Å². The summed E-state index contributed by atoms with van der Waals surface area (Å²) in [7, 11) is 1.67. The molecule has 3 aromatic rings. The highest BCUT2D eigenvalue weighted by atomic mass is 16.5. The maximum absolute atomic E-state index is 10.7. The molecule has 3 rings (SSSR count). The first kappa shape index (κ1) is 13.7. The molecule has 3 nitrogen and oxygen atoms in total. The molecule has 106 valence electrons. The molecule has 0 radical (unpaired) electrons. The van der Waals surface area contributed by atoms with Crippen LogP contribution in [0.25, 0.3) is 10.8 Å². The van der Waals surface area contributed by atoms with Gasteiger partial charge in [-0.1, -0.05) is 42.5 Å². The van der Waals surface area contributed by atoms with Gasteiger partial charge in [0.05, 0.1) is 6.61 Å². The van der Waals surface area contributed by atoms with Crippen molar-refractivity contribution in [3.63, 3.8) is 0 Å². The number of pyridine rings is 1. The molecular formula is C18H17NO2. The van der Waals surface area contributed by atoms with E-state index in [-0.39, 0.29) is 0 Å². The third-order valence-electron chi connectivity index (χ3n) is 3.59. The predicted molar refractivity (Wildman–Crippen MR) is 83.0 cm³/mol. The summed E-state index contributed by atoms with van der Waals surface area (Å²) in [5.41, 5.74) is 2.78. The van der Waals surface area contributed by atoms with E-state index in [1.54, 1.807) is 19.5 Å². The van der Waals surface area contributed by atoms with Crippen LogP contribution in [-0.4, -0.2) is 17.2 Å². The van der Waals surface area contributed by atoms with Gasteiger partial charge < -0.3 is 9.84 Å². The highest BCUT2D eigenvalue weighted by Crippen LogP contribution is 2.28. The van der Waals surface area contributed by atoms with E-state index in [0.717, 1.165) is 27.5 Å². The van der Waals surface area contributed by atoms with Gasteiger partial charge in [0.15, 0.2) is 0 Å². The third-order valence-corrected chi connectivity index (χ3v) is 3.59. The Morgan fingerprint density at radius 2 is 2.00 bits per heavy atom. The quantitative estimate of drug-likeness (QED) is 0.795. The van der Waals surface area contributed by atoms with Gasteiger partial charge in [-0.25, -0.2) is 0 Å². The second-order valence-electron chi connectivity index (χ2n) is 5.02. The largest absolute Gasteiger partial charge is 0.384 e. The van der Waals surface area contributed by atoms with Crippen LogP contribution in [0.1, 0.15) is 22.8 Å². The maximum Gasteiger partial charge on any atom is 0.105 e. The zero-order valence-corrected chi connectivity index (χ0v) is 11.9. The predicted octanol–water partition coefficient (Wildman–Crippen LogP) is 3.46. The summed E-state index contributed by atoms with van der Waals surface area (Å²) in [6, 6.07) is 15.7. The number of fused-ring (bicyclic) bond motifs is 1. The van der Waals surface area contributed by atoms with Gasteiger partial charge in [-0.2, -0.15) is 0 Å². The Balaban J connectivity index is 2.04. The number of ether oxygens (including phenoxy) is 1. The first-order valence-electron chi connectivity index (χ1n) is 6.88. The summed E-state index contributed by atoms with van der Waals surface area (Å²) in [6.45, 7) is 0.539. The zero-order chi connectivity index (χ0) is 14.7. The number of hydrogen-bond acceptors (Lipinski definition) is 3. The van der Waals surface area contributed by atoms with Crippen molar-refractivity contribution in [2.24, 2.45) is 0 Å². The summed E-state index contributed by atoms with van der Waals surface area (Å²) in [6.07, 6.45) is 2.89. The van der Waals surface area contributed by atoms with Gasteiger partial charge in [0.25, 0.3) is 0 Å². The van der Waals surface area contributed by atoms with Crippen molar-refractivity contribution in [2.45, 2.75) is 12.7 Å². The Morgan fingerprint density at radius 1 is 1.14 bits per heavy atom. The number of hydrogen-bond donors (Lipinski definition) is 1. The van der Waals surface area contributed by atoms with Crippen LogP contribution >= 0.6 is 0 Å². The standard InChI is InChI=1S/C18H17NO2/c1-21-12-13-4-2-6-15(10-13)18(20)16-7-3-5-14-8-9-19-11-17(14)16/h2-11,18,20H,12H2,1H3. The molecule has 2 aromatic carbocycles. The normalized spacial score (nSPS) is 12.5. The van der Waals surface area contributed by atoms with Crippen LogP contribution in [0.15, 0.2) is 60.9 Å². The first-order chi connectivity index (χ1) is 10.3. The molecule has 1 N–H and O–H groups in total. The molecule has 1 unspecified atom stereocenters. The summed E-state index contributed by atoms with van der Waals surface area (Å²) in [5.74, 6) is 0. The molecule has 0 aliphatic heterocycles. The summed E-state index contributed by atoms with van der Waals surface area (Å²) < 4.78 is 5.15. The topological polar surface area (TPSA) is 42.4 Å². The number of aliphatic hydroxyl groups is 1. The monoisotopic (exact) mass is 279 g/mol. The molecule has 1 heterocycles. The molecule has 0 aliphatic carbocycles. The molecule has 0 spiro atoms. The van der Waals surface area contributed by atoms with Gasteiger partial charge in [-0.05, 0) is 28.1 Å². The fourth-order valence-electron chi connectivity index (χ4n) is 2.57. The Kier molecular flexibility index (Phi) is 3.95. The summed E-state index contributed by atoms with van der Waals surface area (Å²) in [4.78, 5) is 4.17. The van der Waals surface area contributed by atoms with Crippen molar-refractivity contribution in [2.75, 3.05) is 7.11 Å². The summed E-state index contributed by atoms with van der Waals surface area (Å²) >= 11 is 0. The van der Waals surface area contributed by atoms with Crippen LogP contribution in [-0.2, 0) is 11.3 Å². The number of aliphatic hydroxyl groups excluding tert-OH is 1. The van der Waals surface area contributed by atoms with Crippen LogP contribution in [0.5, 0.6) is 0 Å². The van der Waals surface area contributed by atoms with Crippen LogP contribution in [0.4, 0.5) is 0 Å². The second kappa shape index (κ2) is 6.04. The van der Waals surface area contributed by atoms with E-state index in [0.29, 0.717) is 6.61 Å². The van der Waals surface area contributed by atoms with Gasteiger partial charge in [0.1, 0.15) is 6.10 Å². The van der Waals surface area contributed by atoms with Gasteiger partial charge in [0.2, 0.25) is 0 Å². The minimum atomic E-state index is -0.672. The van der Waals surface area contributed by atoms with Crippen LogP contribution in [0.2, 0.25) is 0 Å². The van der Waals surface area contributed by atoms with E-state index in [9.17, 15) is 5.11 Å². The molecular weight excluding hydrogens is 262 g/mol. The molecule has 0 saturated heterocycles. The molecule has 0 fully saturated rings. The SMILES string of the molecule is COCc1cccc(C(O)c2cccc3ccncc23)c1. The molecule has 1 aromatic heterocycles. The third kappa shape index (κ3) is 2.79. The van der Waals surface area contributed by atoms with Crippen molar-refractivity contribution >= 4 is 10.8 Å². The van der Waals surface area contributed by atoms with Crippen molar-refractivity contribution in [1.82, 2.24) is 4.98 Å². The van der Waals surface area contributed by atoms with E-state index >= 15 is 0 Å². The zero-order valence-electron chi connectivity index (χ0n) is 11.9. The van der Waals surface area contributed by atoms with E-state index in [1.807, 2.05) is 48.5 Å². The number of methoxy groups -OCH3 is 1. The van der Waals surface area contributed by atoms with Gasteiger partial charge >= 0.3 is 0 Å². The van der Waals surface area contributed by atoms with Gasteiger partial charge in [-0.15, -0.1) is 0 Å². The van der Waals surface area contributed by atoms with Crippen LogP contribution in [0.3, 0.4) is 0 Å². The molecule has 0 aliphatic rings. The number of aromatic nitrogens is 1. The molecule has 0 bridgehead atoms. The van der Waals surface area contributed by atoms with Crippen molar-refractivity contribution in [1.29, 1.82) is 0 Å². The minimum absolute atomic E-state index is 0.539. The lowest BCUT2D eigenvalue weighted by Gasteiger charge is -2.15. The minimum Gasteiger partial charge on any atom is -0.384 e. The molecule has 1 atom stereocenters. The van der Waals surface area contributed by atoms with Gasteiger partial charge in [0, 0.05) is 24.9 Å². The second-order valence-corrected chi connectivity index (χ2v) is 5.02. The fourth-order valence-corrected chi connectivity index (χ4v) is 2.57. The summed E-state index contributed by atoms with van der Waals surface area (Å²) in [5, 5.41) is 12.8. The lowest BCUT2D eigenvalue weighted by molar-refractivity contribution is 0.184. The van der Waals surface area contributed by atoms with E-state index < -0.39 is 6.10 Å². The van der Waals surface area contributed by atoms with E-state index in [1.165, 1.54) is 0 Å². The maximum atomic E-state index is 10.7. The van der Waals surface area contributed by atoms with E-state index in [4.69, 9.17) is 4.74 Å². The lowest BCUT2D eigenvalue weighted by Crippen LogP contribution is -2.02. The highest BCUT2D eigenvalue weighted by Gasteiger charge is 2.13. The van der Waals surface area contributed by atoms with Crippen LogP contribution in [0, 0.1) is 0 Å². The van der Waals surface area contributed by atoms with Crippen molar-refractivity contribution in [3.05, 3.63) is 77.6 Å². The van der Waals surface area contributed by atoms with Crippen LogP contribution < -0.4 is 0 Å². The van der Waals surface area contributed by atoms with Crippen molar-refractivity contribution < 1.29 is 9.84 Å². The van der Waals surface area contributed by atoms with Gasteiger partial charge in [-0.3, -0.25) is 4.98 Å². The smallest absolute Gasteiger partial charge is 0.105 e. The number of rotatable bonds is 4. The molecule has 21 heavy (non-hydrogen) atoms. The number of nitrogens with zero attached hydrogens (tertiary/aromatic N) is 1. The first-order valence-corrected chi connectivity index (χ1v) is 6.88. The average molecular weight is 279 g/mol. The molecule has 0 saturated carbocycles. The average Bonchev–Trinajstić information content (AvgIpc) is 2.54. The Bertz CT molecular complexity index is 750. The number of benzene rings is 2. The molecule has 0 amide bonds. The highest BCUT2D eigenvalue weighted by molar-refractivity contribution is 5.85. The fraction of sp³-hybridized carbons (Fsp3) is 0.167. The molecule has 3 heteroatoms. The Hall–Kier alpha value is -2.23.